The second-order valence-corrected chi connectivity index (χ2v) is 5.11. The Kier molecular flexibility index (Phi) is 4.63. The molecule has 4 nitrogen and oxygen atoms in total. The van der Waals surface area contributed by atoms with Crippen LogP contribution in [0, 0.1) is 0 Å². The Balaban J connectivity index is 1.82. The number of nitrogens with zero attached hydrogens (tertiary/aromatic N) is 1. The number of likely N-dealkylation sites (N-methyl/N-ethyl adjacent to an activating group) is 1. The van der Waals surface area contributed by atoms with E-state index in [9.17, 15) is 4.79 Å². The minimum Gasteiger partial charge on any atom is -0.467 e. The summed E-state index contributed by atoms with van der Waals surface area (Å²) in [6.07, 6.45) is 1.60. The molecule has 0 bridgehead atoms. The summed E-state index contributed by atoms with van der Waals surface area (Å²) in [7, 11) is 1.76. The van der Waals surface area contributed by atoms with Crippen LogP contribution in [-0.2, 0) is 11.3 Å². The SMILES string of the molecule is CN(Cc1ccco1)C(=O)CNc1ccc(Br)cc1. The summed E-state index contributed by atoms with van der Waals surface area (Å²) in [4.78, 5) is 13.6. The van der Waals surface area contributed by atoms with Gasteiger partial charge in [-0.05, 0) is 36.4 Å². The van der Waals surface area contributed by atoms with Gasteiger partial charge in [0.2, 0.25) is 5.91 Å². The Morgan fingerprint density at radius 1 is 1.32 bits per heavy atom. The van der Waals surface area contributed by atoms with Gasteiger partial charge < -0.3 is 14.6 Å². The van der Waals surface area contributed by atoms with E-state index in [0.717, 1.165) is 15.9 Å². The standard InChI is InChI=1S/C14H15BrN2O2/c1-17(10-13-3-2-8-19-13)14(18)9-16-12-6-4-11(15)5-7-12/h2-8,16H,9-10H2,1H3. The van der Waals surface area contributed by atoms with E-state index in [0.29, 0.717) is 6.54 Å². The molecule has 0 saturated carbocycles. The van der Waals surface area contributed by atoms with Gasteiger partial charge in [0.25, 0.3) is 0 Å². The molecular formula is C14H15BrN2O2. The van der Waals surface area contributed by atoms with E-state index in [1.165, 1.54) is 0 Å². The number of halogens is 1. The lowest BCUT2D eigenvalue weighted by Crippen LogP contribution is -2.31. The Bertz CT molecular complexity index is 523. The molecule has 1 aromatic heterocycles. The second kappa shape index (κ2) is 6.43. The maximum absolute atomic E-state index is 11.9. The number of hydrogen-bond acceptors (Lipinski definition) is 3. The fourth-order valence-electron chi connectivity index (χ4n) is 1.60. The van der Waals surface area contributed by atoms with E-state index in [1.807, 2.05) is 36.4 Å². The van der Waals surface area contributed by atoms with Gasteiger partial charge in [0.15, 0.2) is 0 Å². The minimum atomic E-state index is 0.0133. The van der Waals surface area contributed by atoms with Gasteiger partial charge in [0, 0.05) is 17.2 Å². The molecule has 5 heteroatoms. The molecule has 1 aromatic carbocycles. The first-order valence-electron chi connectivity index (χ1n) is 5.91. The third-order valence-corrected chi connectivity index (χ3v) is 3.22. The van der Waals surface area contributed by atoms with Crippen LogP contribution in [0.5, 0.6) is 0 Å². The highest BCUT2D eigenvalue weighted by Gasteiger charge is 2.10. The number of furan rings is 1. The third-order valence-electron chi connectivity index (χ3n) is 2.69. The van der Waals surface area contributed by atoms with Gasteiger partial charge in [-0.15, -0.1) is 0 Å². The molecule has 1 N–H and O–H groups in total. The van der Waals surface area contributed by atoms with Crippen molar-refractivity contribution in [3.63, 3.8) is 0 Å². The van der Waals surface area contributed by atoms with Crippen LogP contribution in [0.25, 0.3) is 0 Å². The van der Waals surface area contributed by atoms with Crippen molar-refractivity contribution in [2.75, 3.05) is 18.9 Å². The van der Waals surface area contributed by atoms with Crippen molar-refractivity contribution in [3.8, 4) is 0 Å². The normalized spacial score (nSPS) is 10.2. The van der Waals surface area contributed by atoms with Crippen molar-refractivity contribution >= 4 is 27.5 Å². The first-order chi connectivity index (χ1) is 9.15. The average Bonchev–Trinajstić information content (AvgIpc) is 2.90. The fourth-order valence-corrected chi connectivity index (χ4v) is 1.87. The summed E-state index contributed by atoms with van der Waals surface area (Å²) in [5.41, 5.74) is 0.919. The summed E-state index contributed by atoms with van der Waals surface area (Å²) in [5, 5.41) is 3.09. The monoisotopic (exact) mass is 322 g/mol. The van der Waals surface area contributed by atoms with Crippen LogP contribution in [0.3, 0.4) is 0 Å². The quantitative estimate of drug-likeness (QED) is 0.920. The van der Waals surface area contributed by atoms with Crippen LogP contribution in [0.2, 0.25) is 0 Å². The van der Waals surface area contributed by atoms with E-state index >= 15 is 0 Å². The number of amides is 1. The van der Waals surface area contributed by atoms with Crippen molar-refractivity contribution in [1.82, 2.24) is 4.90 Å². The molecule has 0 atom stereocenters. The predicted molar refractivity (Wildman–Crippen MR) is 77.8 cm³/mol. The molecular weight excluding hydrogens is 308 g/mol. The maximum Gasteiger partial charge on any atom is 0.242 e. The van der Waals surface area contributed by atoms with Crippen LogP contribution in [0.15, 0.2) is 51.6 Å². The lowest BCUT2D eigenvalue weighted by atomic mass is 10.3. The molecule has 2 aromatic rings. The van der Waals surface area contributed by atoms with Gasteiger partial charge >= 0.3 is 0 Å². The van der Waals surface area contributed by atoms with Crippen LogP contribution in [0.1, 0.15) is 5.76 Å². The van der Waals surface area contributed by atoms with Gasteiger partial charge in [-0.3, -0.25) is 4.79 Å². The van der Waals surface area contributed by atoms with E-state index < -0.39 is 0 Å². The summed E-state index contributed by atoms with van der Waals surface area (Å²) < 4.78 is 6.22. The number of benzene rings is 1. The van der Waals surface area contributed by atoms with Gasteiger partial charge in [-0.1, -0.05) is 15.9 Å². The lowest BCUT2D eigenvalue weighted by molar-refractivity contribution is -0.128. The van der Waals surface area contributed by atoms with E-state index in [-0.39, 0.29) is 12.5 Å². The molecule has 0 fully saturated rings. The van der Waals surface area contributed by atoms with Crippen LogP contribution in [0.4, 0.5) is 5.69 Å². The third kappa shape index (κ3) is 4.13. The second-order valence-electron chi connectivity index (χ2n) is 4.19. The Hall–Kier alpha value is -1.75. The summed E-state index contributed by atoms with van der Waals surface area (Å²) in [6.45, 7) is 0.743. The number of carbonyl (C=O) groups excluding carboxylic acids is 1. The Labute approximate surface area is 120 Å². The molecule has 0 aliphatic rings. The molecule has 0 aliphatic carbocycles. The zero-order chi connectivity index (χ0) is 13.7. The first-order valence-corrected chi connectivity index (χ1v) is 6.70. The zero-order valence-electron chi connectivity index (χ0n) is 10.6. The number of hydrogen-bond donors (Lipinski definition) is 1. The van der Waals surface area contributed by atoms with Crippen molar-refractivity contribution in [2.24, 2.45) is 0 Å². The lowest BCUT2D eigenvalue weighted by Gasteiger charge is -2.16. The fraction of sp³-hybridized carbons (Fsp3) is 0.214. The molecule has 0 unspecified atom stereocenters. The number of nitrogens with one attached hydrogen (secondary N) is 1. The predicted octanol–water partition coefficient (Wildman–Crippen LogP) is 3.11. The van der Waals surface area contributed by atoms with Crippen LogP contribution >= 0.6 is 15.9 Å². The minimum absolute atomic E-state index is 0.0133. The van der Waals surface area contributed by atoms with E-state index in [1.54, 1.807) is 18.2 Å². The van der Waals surface area contributed by atoms with Gasteiger partial charge in [-0.25, -0.2) is 0 Å². The van der Waals surface area contributed by atoms with Gasteiger partial charge in [0.05, 0.1) is 19.4 Å². The number of anilines is 1. The van der Waals surface area contributed by atoms with Crippen molar-refractivity contribution in [2.45, 2.75) is 6.54 Å². The van der Waals surface area contributed by atoms with Crippen LogP contribution < -0.4 is 5.32 Å². The summed E-state index contributed by atoms with van der Waals surface area (Å²) in [5.74, 6) is 0.791. The highest BCUT2D eigenvalue weighted by molar-refractivity contribution is 9.10. The van der Waals surface area contributed by atoms with E-state index in [2.05, 4.69) is 21.2 Å². The van der Waals surface area contributed by atoms with Crippen molar-refractivity contribution < 1.29 is 9.21 Å². The molecule has 0 spiro atoms. The summed E-state index contributed by atoms with van der Waals surface area (Å²) in [6, 6.07) is 11.4. The average molecular weight is 323 g/mol. The highest BCUT2D eigenvalue weighted by atomic mass is 79.9. The van der Waals surface area contributed by atoms with Crippen molar-refractivity contribution in [1.29, 1.82) is 0 Å². The molecule has 0 radical (unpaired) electrons. The first kappa shape index (κ1) is 13.7. The molecule has 19 heavy (non-hydrogen) atoms. The summed E-state index contributed by atoms with van der Waals surface area (Å²) >= 11 is 3.37. The smallest absolute Gasteiger partial charge is 0.242 e. The largest absolute Gasteiger partial charge is 0.467 e. The Morgan fingerprint density at radius 3 is 2.68 bits per heavy atom. The molecule has 1 heterocycles. The zero-order valence-corrected chi connectivity index (χ0v) is 12.2. The van der Waals surface area contributed by atoms with E-state index in [4.69, 9.17) is 4.42 Å². The topological polar surface area (TPSA) is 45.5 Å². The molecule has 100 valence electrons. The highest BCUT2D eigenvalue weighted by Crippen LogP contribution is 2.14. The van der Waals surface area contributed by atoms with Crippen LogP contribution in [-0.4, -0.2) is 24.4 Å². The number of rotatable bonds is 5. The van der Waals surface area contributed by atoms with Gasteiger partial charge in [-0.2, -0.15) is 0 Å². The Morgan fingerprint density at radius 2 is 2.05 bits per heavy atom. The number of carbonyl (C=O) groups is 1. The molecule has 2 rings (SSSR count). The molecule has 0 saturated heterocycles. The maximum atomic E-state index is 11.9. The van der Waals surface area contributed by atoms with Crippen molar-refractivity contribution in [3.05, 3.63) is 52.9 Å². The molecule has 0 aliphatic heterocycles. The molecule has 1 amide bonds. The van der Waals surface area contributed by atoms with Gasteiger partial charge in [0.1, 0.15) is 5.76 Å².